The summed E-state index contributed by atoms with van der Waals surface area (Å²) < 4.78 is 0. The van der Waals surface area contributed by atoms with Crippen molar-refractivity contribution in [3.63, 3.8) is 0 Å². The smallest absolute Gasteiger partial charge is 0.101 e. The Balaban J connectivity index is 2.12. The Morgan fingerprint density at radius 1 is 1.37 bits per heavy atom. The maximum Gasteiger partial charge on any atom is 0.101 e. The van der Waals surface area contributed by atoms with Crippen molar-refractivity contribution >= 4 is 0 Å². The van der Waals surface area contributed by atoms with Crippen LogP contribution in [0.4, 0.5) is 0 Å². The number of hydrazine groups is 1. The predicted molar refractivity (Wildman–Crippen MR) is 74.1 cm³/mol. The molecule has 3 N–H and O–H groups in total. The Bertz CT molecular complexity index is 564. The second kappa shape index (κ2) is 6.69. The van der Waals surface area contributed by atoms with Gasteiger partial charge in [0.25, 0.3) is 0 Å². The third-order valence-electron chi connectivity index (χ3n) is 2.79. The number of nitrogens with zero attached hydrogens (tertiary/aromatic N) is 3. The minimum Gasteiger partial charge on any atom is -0.271 e. The number of rotatable bonds is 5. The molecule has 0 radical (unpaired) electrons. The first-order valence-corrected chi connectivity index (χ1v) is 6.18. The van der Waals surface area contributed by atoms with Crippen LogP contribution in [0.15, 0.2) is 36.5 Å². The van der Waals surface area contributed by atoms with Gasteiger partial charge in [-0.3, -0.25) is 11.3 Å². The summed E-state index contributed by atoms with van der Waals surface area (Å²) >= 11 is 0. The first kappa shape index (κ1) is 13.3. The summed E-state index contributed by atoms with van der Waals surface area (Å²) in [7, 11) is 0. The second-order valence-corrected chi connectivity index (χ2v) is 4.08. The van der Waals surface area contributed by atoms with Gasteiger partial charge in [-0.05, 0) is 25.5 Å². The quantitative estimate of drug-likeness (QED) is 0.483. The van der Waals surface area contributed by atoms with Crippen LogP contribution in [0.3, 0.4) is 0 Å². The van der Waals surface area contributed by atoms with E-state index in [1.54, 1.807) is 11.0 Å². The molecule has 1 aromatic heterocycles. The van der Waals surface area contributed by atoms with Crippen LogP contribution in [0.25, 0.3) is 5.69 Å². The van der Waals surface area contributed by atoms with Crippen molar-refractivity contribution < 1.29 is 0 Å². The molecule has 0 fully saturated rings. The third kappa shape index (κ3) is 3.41. The van der Waals surface area contributed by atoms with Gasteiger partial charge in [-0.25, -0.2) is 0 Å². The van der Waals surface area contributed by atoms with Crippen LogP contribution >= 0.6 is 0 Å². The Morgan fingerprint density at radius 3 is 2.84 bits per heavy atom. The summed E-state index contributed by atoms with van der Waals surface area (Å²) in [4.78, 5) is 1.60. The van der Waals surface area contributed by atoms with Gasteiger partial charge in [-0.2, -0.15) is 15.0 Å². The molecule has 1 aromatic carbocycles. The van der Waals surface area contributed by atoms with Crippen LogP contribution in [0.5, 0.6) is 0 Å². The number of para-hydroxylation sites is 1. The zero-order valence-corrected chi connectivity index (χ0v) is 10.9. The molecule has 0 aliphatic heterocycles. The highest BCUT2D eigenvalue weighted by atomic mass is 15.5. The van der Waals surface area contributed by atoms with Crippen LogP contribution in [-0.2, 0) is 0 Å². The fraction of sp³-hybridized carbons (Fsp3) is 0.286. The number of benzene rings is 1. The van der Waals surface area contributed by atoms with Crippen LogP contribution < -0.4 is 11.3 Å². The minimum atomic E-state index is -0.0293. The average Bonchev–Trinajstić information content (AvgIpc) is 2.94. The number of hydrogen-bond donors (Lipinski definition) is 2. The Hall–Kier alpha value is -2.16. The van der Waals surface area contributed by atoms with Crippen molar-refractivity contribution in [2.75, 3.05) is 0 Å². The molecule has 1 unspecified atom stereocenters. The lowest BCUT2D eigenvalue weighted by Crippen LogP contribution is -2.28. The van der Waals surface area contributed by atoms with Gasteiger partial charge in [0.05, 0.1) is 17.9 Å². The van der Waals surface area contributed by atoms with Gasteiger partial charge in [-0.1, -0.05) is 18.2 Å². The van der Waals surface area contributed by atoms with Crippen LogP contribution in [0.2, 0.25) is 0 Å². The molecule has 0 bridgehead atoms. The Morgan fingerprint density at radius 2 is 2.16 bits per heavy atom. The summed E-state index contributed by atoms with van der Waals surface area (Å²) in [5.74, 6) is 11.5. The lowest BCUT2D eigenvalue weighted by atomic mass is 10.1. The zero-order chi connectivity index (χ0) is 13.5. The van der Waals surface area contributed by atoms with E-state index in [4.69, 9.17) is 5.84 Å². The van der Waals surface area contributed by atoms with Crippen LogP contribution in [-0.4, -0.2) is 15.0 Å². The molecular formula is C14H17N5. The van der Waals surface area contributed by atoms with E-state index in [-0.39, 0.29) is 6.04 Å². The van der Waals surface area contributed by atoms with E-state index < -0.39 is 0 Å². The molecule has 0 saturated carbocycles. The molecule has 0 saturated heterocycles. The van der Waals surface area contributed by atoms with Crippen molar-refractivity contribution in [2.24, 2.45) is 5.84 Å². The van der Waals surface area contributed by atoms with E-state index in [2.05, 4.69) is 27.5 Å². The Labute approximate surface area is 112 Å². The van der Waals surface area contributed by atoms with Crippen LogP contribution in [0, 0.1) is 11.8 Å². The van der Waals surface area contributed by atoms with Gasteiger partial charge >= 0.3 is 0 Å². The molecule has 0 aliphatic rings. The lowest BCUT2D eigenvalue weighted by molar-refractivity contribution is 0.507. The van der Waals surface area contributed by atoms with E-state index in [0.717, 1.165) is 24.2 Å². The number of hydrogen-bond acceptors (Lipinski definition) is 4. The molecular weight excluding hydrogens is 238 g/mol. The summed E-state index contributed by atoms with van der Waals surface area (Å²) in [6, 6.07) is 9.75. The number of nitrogens with two attached hydrogens (primary N) is 1. The third-order valence-corrected chi connectivity index (χ3v) is 2.79. The fourth-order valence-electron chi connectivity index (χ4n) is 1.78. The molecule has 1 heterocycles. The summed E-state index contributed by atoms with van der Waals surface area (Å²) in [5, 5.41) is 8.70. The van der Waals surface area contributed by atoms with Gasteiger partial charge in [0, 0.05) is 6.42 Å². The second-order valence-electron chi connectivity index (χ2n) is 4.08. The summed E-state index contributed by atoms with van der Waals surface area (Å²) in [5.41, 5.74) is 4.51. The first-order valence-electron chi connectivity index (χ1n) is 6.18. The molecule has 2 aromatic rings. The maximum absolute atomic E-state index is 5.56. The highest BCUT2D eigenvalue weighted by Crippen LogP contribution is 2.15. The SMILES string of the molecule is CC#CCCC(NN)c1cnn(-c2ccccc2)n1. The zero-order valence-electron chi connectivity index (χ0n) is 10.9. The van der Waals surface area contributed by atoms with Crippen LogP contribution in [0.1, 0.15) is 31.5 Å². The van der Waals surface area contributed by atoms with Crippen molar-refractivity contribution in [3.8, 4) is 17.5 Å². The number of aromatic nitrogens is 3. The molecule has 0 amide bonds. The van der Waals surface area contributed by atoms with E-state index in [9.17, 15) is 0 Å². The highest BCUT2D eigenvalue weighted by molar-refractivity contribution is 5.28. The monoisotopic (exact) mass is 255 g/mol. The van der Waals surface area contributed by atoms with E-state index >= 15 is 0 Å². The normalized spacial score (nSPS) is 11.7. The molecule has 19 heavy (non-hydrogen) atoms. The van der Waals surface area contributed by atoms with Gasteiger partial charge in [0.2, 0.25) is 0 Å². The van der Waals surface area contributed by atoms with Gasteiger partial charge in [0.1, 0.15) is 5.69 Å². The standard InChI is InChI=1S/C14H17N5/c1-2-3-5-10-13(17-15)14-11-16-19(18-14)12-8-6-4-7-9-12/h4,6-9,11,13,17H,5,10,15H2,1H3. The molecule has 2 rings (SSSR count). The van der Waals surface area contributed by atoms with Gasteiger partial charge < -0.3 is 0 Å². The molecule has 98 valence electrons. The summed E-state index contributed by atoms with van der Waals surface area (Å²) in [6.45, 7) is 1.83. The topological polar surface area (TPSA) is 68.8 Å². The fourth-order valence-corrected chi connectivity index (χ4v) is 1.78. The molecule has 0 spiro atoms. The summed E-state index contributed by atoms with van der Waals surface area (Å²) in [6.07, 6.45) is 3.32. The minimum absolute atomic E-state index is 0.0293. The maximum atomic E-state index is 5.56. The molecule has 0 aliphatic carbocycles. The largest absolute Gasteiger partial charge is 0.271 e. The first-order chi connectivity index (χ1) is 9.35. The number of nitrogens with one attached hydrogen (secondary N) is 1. The van der Waals surface area contributed by atoms with Crippen molar-refractivity contribution in [3.05, 3.63) is 42.2 Å². The van der Waals surface area contributed by atoms with Crippen molar-refractivity contribution in [1.82, 2.24) is 20.4 Å². The Kier molecular flexibility index (Phi) is 4.67. The average molecular weight is 255 g/mol. The van der Waals surface area contributed by atoms with E-state index in [1.165, 1.54) is 0 Å². The van der Waals surface area contributed by atoms with E-state index in [1.807, 2.05) is 37.3 Å². The molecule has 1 atom stereocenters. The highest BCUT2D eigenvalue weighted by Gasteiger charge is 2.13. The van der Waals surface area contributed by atoms with Gasteiger partial charge in [0.15, 0.2) is 0 Å². The predicted octanol–water partition coefficient (Wildman–Crippen LogP) is 1.58. The lowest BCUT2D eigenvalue weighted by Gasteiger charge is -2.10. The molecule has 5 nitrogen and oxygen atoms in total. The van der Waals surface area contributed by atoms with Gasteiger partial charge in [-0.15, -0.1) is 11.8 Å². The molecule has 5 heteroatoms. The van der Waals surface area contributed by atoms with Crippen molar-refractivity contribution in [2.45, 2.75) is 25.8 Å². The van der Waals surface area contributed by atoms with E-state index in [0.29, 0.717) is 0 Å². The van der Waals surface area contributed by atoms with Crippen molar-refractivity contribution in [1.29, 1.82) is 0 Å².